The van der Waals surface area contributed by atoms with Gasteiger partial charge >= 0.3 is 5.97 Å². The lowest BCUT2D eigenvalue weighted by Crippen LogP contribution is -2.29. The highest BCUT2D eigenvalue weighted by Gasteiger charge is 2.30. The van der Waals surface area contributed by atoms with Crippen LogP contribution in [-0.4, -0.2) is 80.1 Å². The van der Waals surface area contributed by atoms with E-state index in [2.05, 4.69) is 10.0 Å². The number of nitrogens with one attached hydrogen (secondary N) is 2. The van der Waals surface area contributed by atoms with Gasteiger partial charge in [0.1, 0.15) is 23.8 Å². The van der Waals surface area contributed by atoms with Gasteiger partial charge in [-0.15, -0.1) is 0 Å². The summed E-state index contributed by atoms with van der Waals surface area (Å²) in [5, 5.41) is 3.22. The molecule has 4 rings (SSSR count). The quantitative estimate of drug-likeness (QED) is 0.161. The Morgan fingerprint density at radius 2 is 1.67 bits per heavy atom. The average molecular weight is 621 g/mol. The summed E-state index contributed by atoms with van der Waals surface area (Å²) >= 11 is 0. The molecule has 0 spiro atoms. The predicted molar refractivity (Wildman–Crippen MR) is 157 cm³/mol. The number of benzene rings is 2. The van der Waals surface area contributed by atoms with Crippen molar-refractivity contribution in [2.45, 2.75) is 31.4 Å². The molecule has 1 aliphatic rings. The summed E-state index contributed by atoms with van der Waals surface area (Å²) in [7, 11) is -2.19. The van der Waals surface area contributed by atoms with Crippen LogP contribution >= 0.6 is 0 Å². The van der Waals surface area contributed by atoms with Crippen LogP contribution in [0.1, 0.15) is 47.2 Å². The van der Waals surface area contributed by atoms with E-state index in [4.69, 9.17) is 23.4 Å². The number of furan rings is 1. The number of hydrogen-bond donors (Lipinski definition) is 2. The van der Waals surface area contributed by atoms with Gasteiger partial charge in [-0.1, -0.05) is 0 Å². The van der Waals surface area contributed by atoms with Gasteiger partial charge in [0.15, 0.2) is 0 Å². The Morgan fingerprint density at radius 3 is 2.33 bits per heavy atom. The Labute approximate surface area is 250 Å². The minimum absolute atomic E-state index is 0.0856. The third-order valence-corrected chi connectivity index (χ3v) is 8.05. The monoisotopic (exact) mass is 620 g/mol. The molecule has 0 radical (unpaired) electrons. The van der Waals surface area contributed by atoms with Gasteiger partial charge in [0.2, 0.25) is 10.0 Å². The van der Waals surface area contributed by atoms with Crippen molar-refractivity contribution < 1.29 is 45.8 Å². The van der Waals surface area contributed by atoms with Crippen molar-refractivity contribution in [1.29, 1.82) is 0 Å². The van der Waals surface area contributed by atoms with E-state index in [1.165, 1.54) is 31.3 Å². The lowest BCUT2D eigenvalue weighted by molar-refractivity contribution is -0.149. The van der Waals surface area contributed by atoms with Crippen molar-refractivity contribution in [3.8, 4) is 11.3 Å². The molecule has 0 unspecified atom stereocenters. The molecule has 13 heteroatoms. The average Bonchev–Trinajstić information content (AvgIpc) is 3.76. The fraction of sp³-hybridized carbons (Fsp3) is 0.467. The lowest BCUT2D eigenvalue weighted by atomic mass is 9.98. The van der Waals surface area contributed by atoms with Crippen LogP contribution in [0.4, 0.5) is 4.39 Å². The maximum Gasteiger partial charge on any atom is 0.332 e. The van der Waals surface area contributed by atoms with Gasteiger partial charge in [0.25, 0.3) is 5.91 Å². The Bertz CT molecular complexity index is 1500. The van der Waals surface area contributed by atoms with Crippen LogP contribution in [0.5, 0.6) is 0 Å². The van der Waals surface area contributed by atoms with Crippen molar-refractivity contribution in [3.05, 3.63) is 58.9 Å². The minimum Gasteiger partial charge on any atom is -0.464 e. The van der Waals surface area contributed by atoms with Crippen LogP contribution in [0, 0.1) is 5.82 Å². The van der Waals surface area contributed by atoms with Crippen molar-refractivity contribution in [1.82, 2.24) is 10.0 Å². The van der Waals surface area contributed by atoms with E-state index in [1.54, 1.807) is 13.0 Å². The lowest BCUT2D eigenvalue weighted by Gasteiger charge is -2.12. The second-order valence-corrected chi connectivity index (χ2v) is 11.8. The minimum atomic E-state index is -3.71. The van der Waals surface area contributed by atoms with Crippen molar-refractivity contribution >= 4 is 32.9 Å². The summed E-state index contributed by atoms with van der Waals surface area (Å²) in [6.45, 7) is 3.23. The summed E-state index contributed by atoms with van der Waals surface area (Å²) in [6.07, 6.45) is 1.86. The Balaban J connectivity index is 1.33. The molecule has 1 heterocycles. The number of sulfonamides is 1. The first kappa shape index (κ1) is 32.6. The second kappa shape index (κ2) is 15.4. The topological polar surface area (TPSA) is 142 Å². The molecule has 0 aliphatic heterocycles. The van der Waals surface area contributed by atoms with Gasteiger partial charge in [-0.2, -0.15) is 0 Å². The molecular formula is C30H37FN2O9S. The van der Waals surface area contributed by atoms with Crippen LogP contribution in [0.2, 0.25) is 0 Å². The standard InChI is InChI=1S/C30H37FN2O9S/c1-3-41-27(34)18-40-15-14-39-13-12-38-11-10-33-43(36,37)19-22-16-26-25(17-24(22)20-4-5-20)28(30(35)32-2)29(42-26)21-6-8-23(31)9-7-21/h6-9,16-17,20,33H,3-5,10-15,18-19H2,1-2H3,(H,32,35). The number of carbonyl (C=O) groups is 2. The molecule has 0 atom stereocenters. The molecule has 2 aromatic carbocycles. The van der Waals surface area contributed by atoms with E-state index >= 15 is 0 Å². The summed E-state index contributed by atoms with van der Waals surface area (Å²) in [6, 6.07) is 9.19. The van der Waals surface area contributed by atoms with E-state index in [-0.39, 0.29) is 57.2 Å². The molecule has 1 saturated carbocycles. The fourth-order valence-electron chi connectivity index (χ4n) is 4.58. The first-order chi connectivity index (χ1) is 20.7. The number of esters is 1. The van der Waals surface area contributed by atoms with E-state index in [0.717, 1.165) is 18.4 Å². The summed E-state index contributed by atoms with van der Waals surface area (Å²) in [4.78, 5) is 24.1. The number of halogens is 1. The number of hydrogen-bond acceptors (Lipinski definition) is 9. The van der Waals surface area contributed by atoms with E-state index in [0.29, 0.717) is 46.6 Å². The Hall–Kier alpha value is -3.36. The molecule has 2 N–H and O–H groups in total. The van der Waals surface area contributed by atoms with Gasteiger partial charge in [-0.3, -0.25) is 4.79 Å². The molecule has 0 bridgehead atoms. The molecule has 1 aliphatic carbocycles. The molecule has 43 heavy (non-hydrogen) atoms. The molecule has 1 fully saturated rings. The molecule has 0 saturated heterocycles. The normalized spacial score (nSPS) is 13.4. The van der Waals surface area contributed by atoms with Gasteiger partial charge in [-0.25, -0.2) is 22.3 Å². The number of fused-ring (bicyclic) bond motifs is 1. The Morgan fingerprint density at radius 1 is 1.00 bits per heavy atom. The third-order valence-electron chi connectivity index (χ3n) is 6.71. The van der Waals surface area contributed by atoms with Crippen molar-refractivity contribution in [2.24, 2.45) is 0 Å². The fourth-order valence-corrected chi connectivity index (χ4v) is 5.74. The third kappa shape index (κ3) is 9.31. The highest BCUT2D eigenvalue weighted by atomic mass is 32.2. The maximum absolute atomic E-state index is 13.5. The van der Waals surface area contributed by atoms with Gasteiger partial charge < -0.3 is 28.7 Å². The first-order valence-electron chi connectivity index (χ1n) is 14.2. The molecule has 234 valence electrons. The zero-order chi connectivity index (χ0) is 30.8. The number of ether oxygens (including phenoxy) is 4. The van der Waals surface area contributed by atoms with Crippen molar-refractivity contribution in [3.63, 3.8) is 0 Å². The first-order valence-corrected chi connectivity index (χ1v) is 15.8. The zero-order valence-electron chi connectivity index (χ0n) is 24.3. The van der Waals surface area contributed by atoms with E-state index in [1.807, 2.05) is 6.07 Å². The zero-order valence-corrected chi connectivity index (χ0v) is 25.1. The smallest absolute Gasteiger partial charge is 0.332 e. The highest BCUT2D eigenvalue weighted by Crippen LogP contribution is 2.45. The molecule has 11 nitrogen and oxygen atoms in total. The van der Waals surface area contributed by atoms with Crippen LogP contribution < -0.4 is 10.0 Å². The predicted octanol–water partition coefficient (Wildman–Crippen LogP) is 3.51. The van der Waals surface area contributed by atoms with Crippen LogP contribution in [0.15, 0.2) is 40.8 Å². The van der Waals surface area contributed by atoms with Gasteiger partial charge in [-0.05, 0) is 73.2 Å². The van der Waals surface area contributed by atoms with Crippen LogP contribution in [-0.2, 0) is 39.5 Å². The van der Waals surface area contributed by atoms with Crippen LogP contribution in [0.3, 0.4) is 0 Å². The summed E-state index contributed by atoms with van der Waals surface area (Å²) in [5.74, 6) is -0.953. The molecule has 1 amide bonds. The van der Waals surface area contributed by atoms with E-state index < -0.39 is 21.8 Å². The number of carbonyl (C=O) groups excluding carboxylic acids is 2. The highest BCUT2D eigenvalue weighted by molar-refractivity contribution is 7.88. The largest absolute Gasteiger partial charge is 0.464 e. The SMILES string of the molecule is CCOC(=O)COCCOCCOCCNS(=O)(=O)Cc1cc2oc(-c3ccc(F)cc3)c(C(=O)NC)c2cc1C1CC1. The summed E-state index contributed by atoms with van der Waals surface area (Å²) in [5.41, 5.74) is 2.71. The summed E-state index contributed by atoms with van der Waals surface area (Å²) < 4.78 is 68.8. The molecule has 1 aromatic heterocycles. The second-order valence-electron chi connectivity index (χ2n) is 9.95. The molecular weight excluding hydrogens is 583 g/mol. The Kier molecular flexibility index (Phi) is 11.7. The molecule has 3 aromatic rings. The van der Waals surface area contributed by atoms with Crippen molar-refractivity contribution in [2.75, 3.05) is 59.8 Å². The maximum atomic E-state index is 13.5. The van der Waals surface area contributed by atoms with E-state index in [9.17, 15) is 22.4 Å². The van der Waals surface area contributed by atoms with Gasteiger partial charge in [0.05, 0.1) is 51.0 Å². The number of rotatable bonds is 18. The number of amides is 1. The van der Waals surface area contributed by atoms with Crippen LogP contribution in [0.25, 0.3) is 22.3 Å². The van der Waals surface area contributed by atoms with Gasteiger partial charge in [0, 0.05) is 24.5 Å².